The fraction of sp³-hybridized carbons (Fsp3) is 0.733. The van der Waals surface area contributed by atoms with Crippen LogP contribution in [0.25, 0.3) is 0 Å². The Hall–Kier alpha value is -1.52. The predicted octanol–water partition coefficient (Wildman–Crippen LogP) is 2.44. The molecule has 2 unspecified atom stereocenters. The molecule has 1 saturated carbocycles. The highest BCUT2D eigenvalue weighted by atomic mass is 16.2. The van der Waals surface area contributed by atoms with Crippen molar-refractivity contribution >= 4 is 11.6 Å². The molecule has 2 atom stereocenters. The molecule has 5 nitrogen and oxygen atoms in total. The van der Waals surface area contributed by atoms with Crippen molar-refractivity contribution in [3.63, 3.8) is 0 Å². The molecule has 2 N–H and O–H groups in total. The zero-order chi connectivity index (χ0) is 14.9. The summed E-state index contributed by atoms with van der Waals surface area (Å²) < 4.78 is 1.72. The van der Waals surface area contributed by atoms with Crippen molar-refractivity contribution in [3.8, 4) is 0 Å². The lowest BCUT2D eigenvalue weighted by Crippen LogP contribution is -2.43. The van der Waals surface area contributed by atoms with Gasteiger partial charge in [0.2, 0.25) is 0 Å². The maximum Gasteiger partial charge on any atom is 0.274 e. The van der Waals surface area contributed by atoms with Crippen molar-refractivity contribution in [3.05, 3.63) is 11.4 Å². The highest BCUT2D eigenvalue weighted by molar-refractivity contribution is 5.98. The second-order valence-corrected chi connectivity index (χ2v) is 5.91. The van der Waals surface area contributed by atoms with E-state index < -0.39 is 0 Å². The molecule has 0 radical (unpaired) electrons. The molecule has 1 heterocycles. The number of nitrogen functional groups attached to an aromatic ring is 1. The van der Waals surface area contributed by atoms with Gasteiger partial charge in [0.25, 0.3) is 5.91 Å². The Bertz CT molecular complexity index is 494. The third kappa shape index (κ3) is 2.53. The van der Waals surface area contributed by atoms with E-state index in [0.29, 0.717) is 29.9 Å². The monoisotopic (exact) mass is 278 g/mol. The highest BCUT2D eigenvalue weighted by Crippen LogP contribution is 2.29. The Morgan fingerprint density at radius 2 is 2.10 bits per heavy atom. The summed E-state index contributed by atoms with van der Waals surface area (Å²) in [5.41, 5.74) is 7.85. The molecule has 112 valence electrons. The van der Waals surface area contributed by atoms with E-state index in [4.69, 9.17) is 5.73 Å². The summed E-state index contributed by atoms with van der Waals surface area (Å²) >= 11 is 0. The molecule has 0 spiro atoms. The van der Waals surface area contributed by atoms with Gasteiger partial charge in [-0.1, -0.05) is 19.8 Å². The average molecular weight is 278 g/mol. The first-order valence-electron chi connectivity index (χ1n) is 7.57. The van der Waals surface area contributed by atoms with E-state index >= 15 is 0 Å². The SMILES string of the molecule is CCn1nc(C)c(N)c1C(=O)N(C)C1CCCCC1C. The largest absolute Gasteiger partial charge is 0.395 e. The molecule has 2 rings (SSSR count). The fourth-order valence-electron chi connectivity index (χ4n) is 3.24. The van der Waals surface area contributed by atoms with Gasteiger partial charge in [-0.15, -0.1) is 0 Å². The summed E-state index contributed by atoms with van der Waals surface area (Å²) in [6.45, 7) is 6.72. The van der Waals surface area contributed by atoms with Gasteiger partial charge in [-0.25, -0.2) is 0 Å². The van der Waals surface area contributed by atoms with E-state index in [0.717, 1.165) is 12.1 Å². The Morgan fingerprint density at radius 3 is 2.70 bits per heavy atom. The van der Waals surface area contributed by atoms with Gasteiger partial charge in [0.15, 0.2) is 0 Å². The Morgan fingerprint density at radius 1 is 1.45 bits per heavy atom. The van der Waals surface area contributed by atoms with Crippen LogP contribution in [0, 0.1) is 12.8 Å². The van der Waals surface area contributed by atoms with Crippen LogP contribution in [-0.2, 0) is 6.54 Å². The third-order valence-corrected chi connectivity index (χ3v) is 4.56. The van der Waals surface area contributed by atoms with E-state index in [1.165, 1.54) is 19.3 Å². The van der Waals surface area contributed by atoms with Gasteiger partial charge in [-0.3, -0.25) is 9.48 Å². The first-order chi connectivity index (χ1) is 9.47. The molecule has 5 heteroatoms. The molecule has 0 aromatic carbocycles. The number of nitrogens with two attached hydrogens (primary N) is 1. The van der Waals surface area contributed by atoms with Gasteiger partial charge in [0.1, 0.15) is 5.69 Å². The summed E-state index contributed by atoms with van der Waals surface area (Å²) in [5.74, 6) is 0.557. The second kappa shape index (κ2) is 5.85. The number of carbonyl (C=O) groups is 1. The number of hydrogen-bond acceptors (Lipinski definition) is 3. The Kier molecular flexibility index (Phi) is 4.35. The van der Waals surface area contributed by atoms with Crippen LogP contribution in [0.4, 0.5) is 5.69 Å². The topological polar surface area (TPSA) is 64.2 Å². The van der Waals surface area contributed by atoms with Crippen molar-refractivity contribution in [2.45, 2.75) is 59.0 Å². The lowest BCUT2D eigenvalue weighted by atomic mass is 9.85. The normalized spacial score (nSPS) is 22.8. The molecule has 0 aliphatic heterocycles. The van der Waals surface area contributed by atoms with Crippen molar-refractivity contribution in [2.75, 3.05) is 12.8 Å². The summed E-state index contributed by atoms with van der Waals surface area (Å²) in [6, 6.07) is 0.316. The van der Waals surface area contributed by atoms with Gasteiger partial charge in [0, 0.05) is 19.6 Å². The second-order valence-electron chi connectivity index (χ2n) is 5.91. The van der Waals surface area contributed by atoms with Crippen LogP contribution in [0.3, 0.4) is 0 Å². The number of carbonyl (C=O) groups excluding carboxylic acids is 1. The van der Waals surface area contributed by atoms with Gasteiger partial charge in [-0.05, 0) is 32.6 Å². The molecular formula is C15H26N4O. The van der Waals surface area contributed by atoms with Crippen LogP contribution < -0.4 is 5.73 Å². The zero-order valence-corrected chi connectivity index (χ0v) is 13.0. The lowest BCUT2D eigenvalue weighted by molar-refractivity contribution is 0.0617. The molecule has 1 aromatic rings. The number of rotatable bonds is 3. The summed E-state index contributed by atoms with van der Waals surface area (Å²) in [6.07, 6.45) is 4.76. The maximum absolute atomic E-state index is 12.8. The molecule has 1 aromatic heterocycles. The van der Waals surface area contributed by atoms with Gasteiger partial charge in [-0.2, -0.15) is 5.10 Å². The van der Waals surface area contributed by atoms with Crippen LogP contribution >= 0.6 is 0 Å². The van der Waals surface area contributed by atoms with Crippen LogP contribution in [0.2, 0.25) is 0 Å². The Labute approximate surface area is 121 Å². The van der Waals surface area contributed by atoms with Crippen molar-refractivity contribution in [1.29, 1.82) is 0 Å². The minimum Gasteiger partial charge on any atom is -0.395 e. The van der Waals surface area contributed by atoms with Crippen LogP contribution in [0.1, 0.15) is 55.7 Å². The van der Waals surface area contributed by atoms with Crippen LogP contribution in [0.15, 0.2) is 0 Å². The standard InChI is InChI=1S/C15H26N4O/c1-5-19-14(13(16)11(3)17-19)15(20)18(4)12-9-7-6-8-10(12)2/h10,12H,5-9,16H2,1-4H3. The minimum absolute atomic E-state index is 0.00343. The summed E-state index contributed by atoms with van der Waals surface area (Å²) in [5, 5.41) is 4.34. The highest BCUT2D eigenvalue weighted by Gasteiger charge is 2.31. The van der Waals surface area contributed by atoms with E-state index in [9.17, 15) is 4.79 Å². The Balaban J connectivity index is 2.26. The third-order valence-electron chi connectivity index (χ3n) is 4.56. The van der Waals surface area contributed by atoms with E-state index in [-0.39, 0.29) is 5.91 Å². The quantitative estimate of drug-likeness (QED) is 0.923. The molecule has 1 fully saturated rings. The molecule has 0 bridgehead atoms. The summed E-state index contributed by atoms with van der Waals surface area (Å²) in [7, 11) is 1.90. The molecule has 0 saturated heterocycles. The number of aryl methyl sites for hydroxylation is 2. The smallest absolute Gasteiger partial charge is 0.274 e. The van der Waals surface area contributed by atoms with Crippen LogP contribution in [-0.4, -0.2) is 33.7 Å². The van der Waals surface area contributed by atoms with Gasteiger partial charge in [0.05, 0.1) is 11.4 Å². The lowest BCUT2D eigenvalue weighted by Gasteiger charge is -2.36. The minimum atomic E-state index is 0.00343. The maximum atomic E-state index is 12.8. The number of hydrogen-bond donors (Lipinski definition) is 1. The first kappa shape index (κ1) is 14.9. The predicted molar refractivity (Wildman–Crippen MR) is 80.6 cm³/mol. The molecule has 1 aliphatic rings. The van der Waals surface area contributed by atoms with Crippen molar-refractivity contribution in [1.82, 2.24) is 14.7 Å². The van der Waals surface area contributed by atoms with Gasteiger partial charge >= 0.3 is 0 Å². The van der Waals surface area contributed by atoms with E-state index in [1.54, 1.807) is 4.68 Å². The van der Waals surface area contributed by atoms with Gasteiger partial charge < -0.3 is 10.6 Å². The summed E-state index contributed by atoms with van der Waals surface area (Å²) in [4.78, 5) is 14.7. The number of anilines is 1. The number of nitrogens with zero attached hydrogens (tertiary/aromatic N) is 3. The molecule has 20 heavy (non-hydrogen) atoms. The number of aromatic nitrogens is 2. The average Bonchev–Trinajstić information content (AvgIpc) is 2.73. The van der Waals surface area contributed by atoms with Crippen molar-refractivity contribution in [2.24, 2.45) is 5.92 Å². The van der Waals surface area contributed by atoms with E-state index in [2.05, 4.69) is 12.0 Å². The van der Waals surface area contributed by atoms with Crippen LogP contribution in [0.5, 0.6) is 0 Å². The molecule has 1 amide bonds. The fourth-order valence-corrected chi connectivity index (χ4v) is 3.24. The zero-order valence-electron chi connectivity index (χ0n) is 13.0. The van der Waals surface area contributed by atoms with Crippen molar-refractivity contribution < 1.29 is 4.79 Å². The van der Waals surface area contributed by atoms with E-state index in [1.807, 2.05) is 25.8 Å². The molecule has 1 aliphatic carbocycles. The first-order valence-corrected chi connectivity index (χ1v) is 7.57. The molecular weight excluding hydrogens is 252 g/mol. The number of amides is 1.